The van der Waals surface area contributed by atoms with Gasteiger partial charge in [0.25, 0.3) is 0 Å². The van der Waals surface area contributed by atoms with Gasteiger partial charge in [-0.05, 0) is 0 Å². The third kappa shape index (κ3) is 1.48. The van der Waals surface area contributed by atoms with Crippen LogP contribution in [0.3, 0.4) is 0 Å². The molecule has 0 unspecified atom stereocenters. The quantitative estimate of drug-likeness (QED) is 0.568. The molecule has 58 valence electrons. The molecule has 10 heavy (non-hydrogen) atoms. The molecule has 3 nitrogen and oxygen atoms in total. The summed E-state index contributed by atoms with van der Waals surface area (Å²) < 4.78 is 4.92. The van der Waals surface area contributed by atoms with Crippen LogP contribution < -0.4 is 0 Å². The summed E-state index contributed by atoms with van der Waals surface area (Å²) in [6, 6.07) is 0. The predicted molar refractivity (Wildman–Crippen MR) is 35.4 cm³/mol. The van der Waals surface area contributed by atoms with Gasteiger partial charge in [0.1, 0.15) is 6.10 Å². The molecular weight excluding hydrogens is 132 g/mol. The molecule has 0 aromatic carbocycles. The number of aliphatic hydroxyl groups is 1. The Kier molecular flexibility index (Phi) is 2.27. The van der Waals surface area contributed by atoms with E-state index in [4.69, 9.17) is 9.84 Å². The highest BCUT2D eigenvalue weighted by atomic mass is 16.5. The lowest BCUT2D eigenvalue weighted by Crippen LogP contribution is -2.14. The summed E-state index contributed by atoms with van der Waals surface area (Å²) in [4.78, 5) is 10.6. The van der Waals surface area contributed by atoms with Crippen LogP contribution in [0.2, 0.25) is 0 Å². The maximum atomic E-state index is 10.6. The fraction of sp³-hybridized carbons (Fsp3) is 0.857. The van der Waals surface area contributed by atoms with E-state index in [1.807, 2.05) is 6.92 Å². The van der Waals surface area contributed by atoms with Gasteiger partial charge in [-0.3, -0.25) is 4.79 Å². The third-order valence-electron chi connectivity index (χ3n) is 1.82. The second-order valence-electron chi connectivity index (χ2n) is 2.72. The average molecular weight is 144 g/mol. The molecular formula is C7H12O3. The smallest absolute Gasteiger partial charge is 0.306 e. The molecule has 1 N–H and O–H groups in total. The zero-order valence-corrected chi connectivity index (χ0v) is 6.04. The van der Waals surface area contributed by atoms with Crippen LogP contribution in [0.25, 0.3) is 0 Å². The van der Waals surface area contributed by atoms with E-state index in [9.17, 15) is 4.79 Å². The highest BCUT2D eigenvalue weighted by molar-refractivity contribution is 5.71. The van der Waals surface area contributed by atoms with Gasteiger partial charge in [-0.1, -0.05) is 6.92 Å². The van der Waals surface area contributed by atoms with Gasteiger partial charge < -0.3 is 9.84 Å². The zero-order chi connectivity index (χ0) is 7.56. The minimum atomic E-state index is -0.133. The highest BCUT2D eigenvalue weighted by Gasteiger charge is 2.30. The summed E-state index contributed by atoms with van der Waals surface area (Å²) in [5, 5.41) is 8.54. The number of ether oxygens (including phenoxy) is 1. The van der Waals surface area contributed by atoms with E-state index in [-0.39, 0.29) is 24.6 Å². The third-order valence-corrected chi connectivity index (χ3v) is 1.82. The van der Waals surface area contributed by atoms with Gasteiger partial charge in [-0.15, -0.1) is 0 Å². The van der Waals surface area contributed by atoms with Crippen LogP contribution in [0, 0.1) is 5.92 Å². The Bertz CT molecular complexity index is 133. The molecule has 0 radical (unpaired) electrons. The zero-order valence-electron chi connectivity index (χ0n) is 6.04. The largest absolute Gasteiger partial charge is 0.462 e. The van der Waals surface area contributed by atoms with Crippen molar-refractivity contribution in [2.75, 3.05) is 6.61 Å². The lowest BCUT2D eigenvalue weighted by atomic mass is 10.0. The van der Waals surface area contributed by atoms with Gasteiger partial charge in [0.15, 0.2) is 0 Å². The molecule has 0 spiro atoms. The number of hydrogen-bond donors (Lipinski definition) is 1. The molecule has 0 amide bonds. The van der Waals surface area contributed by atoms with E-state index in [2.05, 4.69) is 0 Å². The van der Waals surface area contributed by atoms with Gasteiger partial charge in [-0.2, -0.15) is 0 Å². The fourth-order valence-corrected chi connectivity index (χ4v) is 1.20. The van der Waals surface area contributed by atoms with Crippen LogP contribution in [0.15, 0.2) is 0 Å². The van der Waals surface area contributed by atoms with E-state index in [1.165, 1.54) is 0 Å². The Morgan fingerprint density at radius 1 is 1.80 bits per heavy atom. The van der Waals surface area contributed by atoms with E-state index in [0.29, 0.717) is 12.8 Å². The highest BCUT2D eigenvalue weighted by Crippen LogP contribution is 2.23. The number of carbonyl (C=O) groups excluding carboxylic acids is 1. The molecule has 1 fully saturated rings. The molecule has 1 heterocycles. The second kappa shape index (κ2) is 3.01. The molecule has 1 aliphatic heterocycles. The Balaban J connectivity index is 2.38. The van der Waals surface area contributed by atoms with Gasteiger partial charge in [0.2, 0.25) is 0 Å². The maximum absolute atomic E-state index is 10.6. The van der Waals surface area contributed by atoms with Gasteiger partial charge in [0, 0.05) is 18.9 Å². The van der Waals surface area contributed by atoms with E-state index in [1.54, 1.807) is 0 Å². The summed E-state index contributed by atoms with van der Waals surface area (Å²) in [5.41, 5.74) is 0. The van der Waals surface area contributed by atoms with Crippen LogP contribution in [0.1, 0.15) is 19.8 Å². The van der Waals surface area contributed by atoms with Crippen molar-refractivity contribution in [1.82, 2.24) is 0 Å². The Morgan fingerprint density at radius 2 is 2.50 bits per heavy atom. The molecule has 0 aromatic heterocycles. The number of esters is 1. The number of carbonyl (C=O) groups is 1. The molecule has 0 saturated carbocycles. The van der Waals surface area contributed by atoms with E-state index >= 15 is 0 Å². The fourth-order valence-electron chi connectivity index (χ4n) is 1.20. The van der Waals surface area contributed by atoms with Crippen molar-refractivity contribution in [2.45, 2.75) is 25.9 Å². The minimum absolute atomic E-state index is 0.0440. The predicted octanol–water partition coefficient (Wildman–Crippen LogP) is 0.320. The molecule has 1 aliphatic rings. The number of cyclic esters (lactones) is 1. The minimum Gasteiger partial charge on any atom is -0.462 e. The monoisotopic (exact) mass is 144 g/mol. The summed E-state index contributed by atoms with van der Waals surface area (Å²) >= 11 is 0. The molecule has 0 bridgehead atoms. The van der Waals surface area contributed by atoms with Crippen molar-refractivity contribution in [3.8, 4) is 0 Å². The number of aliphatic hydroxyl groups excluding tert-OH is 1. The summed E-state index contributed by atoms with van der Waals surface area (Å²) in [6.07, 6.45) is 1.04. The van der Waals surface area contributed by atoms with Crippen LogP contribution in [0.5, 0.6) is 0 Å². The summed E-state index contributed by atoms with van der Waals surface area (Å²) in [5.74, 6) is 0.144. The van der Waals surface area contributed by atoms with Crippen LogP contribution in [-0.4, -0.2) is 23.8 Å². The number of hydrogen-bond acceptors (Lipinski definition) is 3. The molecule has 3 heteroatoms. The van der Waals surface area contributed by atoms with Crippen molar-refractivity contribution in [3.05, 3.63) is 0 Å². The first-order chi connectivity index (χ1) is 4.74. The van der Waals surface area contributed by atoms with Crippen molar-refractivity contribution < 1.29 is 14.6 Å². The first-order valence-corrected chi connectivity index (χ1v) is 3.54. The Hall–Kier alpha value is -0.570. The van der Waals surface area contributed by atoms with E-state index < -0.39 is 0 Å². The molecule has 0 aromatic rings. The molecule has 1 rings (SSSR count). The summed E-state index contributed by atoms with van der Waals surface area (Å²) in [6.45, 7) is 2.06. The summed E-state index contributed by atoms with van der Waals surface area (Å²) in [7, 11) is 0. The van der Waals surface area contributed by atoms with E-state index in [0.717, 1.165) is 0 Å². The lowest BCUT2D eigenvalue weighted by Gasteiger charge is -2.10. The second-order valence-corrected chi connectivity index (χ2v) is 2.72. The Morgan fingerprint density at radius 3 is 2.90 bits per heavy atom. The topological polar surface area (TPSA) is 46.5 Å². The van der Waals surface area contributed by atoms with Crippen molar-refractivity contribution in [3.63, 3.8) is 0 Å². The van der Waals surface area contributed by atoms with Crippen molar-refractivity contribution in [1.29, 1.82) is 0 Å². The Labute approximate surface area is 60.0 Å². The van der Waals surface area contributed by atoms with Gasteiger partial charge >= 0.3 is 5.97 Å². The van der Waals surface area contributed by atoms with Gasteiger partial charge in [0.05, 0.1) is 6.42 Å². The van der Waals surface area contributed by atoms with Crippen LogP contribution in [0.4, 0.5) is 0 Å². The van der Waals surface area contributed by atoms with Crippen molar-refractivity contribution >= 4 is 5.97 Å². The van der Waals surface area contributed by atoms with Crippen molar-refractivity contribution in [2.24, 2.45) is 5.92 Å². The first-order valence-electron chi connectivity index (χ1n) is 3.54. The standard InChI is InChI=1S/C7H12O3/c1-5-4-7(9)10-6(5)2-3-8/h5-6,8H,2-4H2,1H3/t5-,6-/m1/s1. The molecule has 0 aliphatic carbocycles. The normalized spacial score (nSPS) is 32.4. The van der Waals surface area contributed by atoms with Crippen LogP contribution >= 0.6 is 0 Å². The molecule has 2 atom stereocenters. The van der Waals surface area contributed by atoms with Crippen LogP contribution in [-0.2, 0) is 9.53 Å². The number of rotatable bonds is 2. The van der Waals surface area contributed by atoms with Gasteiger partial charge in [-0.25, -0.2) is 0 Å². The average Bonchev–Trinajstić information content (AvgIpc) is 2.13. The first kappa shape index (κ1) is 7.54. The maximum Gasteiger partial charge on any atom is 0.306 e. The SMILES string of the molecule is C[C@@H]1CC(=O)O[C@@H]1CCO. The lowest BCUT2D eigenvalue weighted by molar-refractivity contribution is -0.141. The molecule has 1 saturated heterocycles.